The summed E-state index contributed by atoms with van der Waals surface area (Å²) in [5.41, 5.74) is 2.47. The summed E-state index contributed by atoms with van der Waals surface area (Å²) in [5, 5.41) is 12.4. The van der Waals surface area contributed by atoms with E-state index in [2.05, 4.69) is 44.3 Å². The second-order valence-corrected chi connectivity index (χ2v) is 5.66. The Bertz CT molecular complexity index is 393. The predicted octanol–water partition coefficient (Wildman–Crippen LogP) is 2.52. The second kappa shape index (κ2) is 6.55. The van der Waals surface area contributed by atoms with Crippen molar-refractivity contribution < 1.29 is 5.11 Å². The maximum absolute atomic E-state index is 9.21. The van der Waals surface area contributed by atoms with Gasteiger partial charge < -0.3 is 15.3 Å². The summed E-state index contributed by atoms with van der Waals surface area (Å²) in [4.78, 5) is 2.33. The Hall–Kier alpha value is -0.580. The second-order valence-electron chi connectivity index (χ2n) is 4.81. The molecule has 0 heterocycles. The fourth-order valence-electron chi connectivity index (χ4n) is 2.38. The van der Waals surface area contributed by atoms with Crippen LogP contribution in [0, 0.1) is 0 Å². The number of benzene rings is 1. The van der Waals surface area contributed by atoms with Crippen LogP contribution in [-0.4, -0.2) is 31.3 Å². The predicted molar refractivity (Wildman–Crippen MR) is 79.0 cm³/mol. The Balaban J connectivity index is 2.16. The smallest absolute Gasteiger partial charge is 0.0606 e. The third-order valence-electron chi connectivity index (χ3n) is 3.59. The molecule has 1 saturated carbocycles. The normalized spacial score (nSPS) is 15.5. The zero-order valence-corrected chi connectivity index (χ0v) is 12.4. The summed E-state index contributed by atoms with van der Waals surface area (Å²) < 4.78 is 1.14. The summed E-state index contributed by atoms with van der Waals surface area (Å²) >= 11 is 3.63. The molecule has 2 rings (SSSR count). The summed E-state index contributed by atoms with van der Waals surface area (Å²) in [7, 11) is 1.95. The molecule has 1 aromatic rings. The van der Waals surface area contributed by atoms with Crippen LogP contribution in [0.5, 0.6) is 0 Å². The van der Waals surface area contributed by atoms with E-state index in [9.17, 15) is 5.11 Å². The Morgan fingerprint density at radius 3 is 2.72 bits per heavy atom. The van der Waals surface area contributed by atoms with Gasteiger partial charge in [-0.1, -0.05) is 22.0 Å². The van der Waals surface area contributed by atoms with Gasteiger partial charge in [0.05, 0.1) is 6.61 Å². The Morgan fingerprint density at radius 2 is 2.22 bits per heavy atom. The van der Waals surface area contributed by atoms with Gasteiger partial charge in [0.1, 0.15) is 0 Å². The van der Waals surface area contributed by atoms with Crippen LogP contribution in [0.1, 0.15) is 24.8 Å². The highest BCUT2D eigenvalue weighted by molar-refractivity contribution is 9.10. The van der Waals surface area contributed by atoms with E-state index in [1.165, 1.54) is 30.5 Å². The quantitative estimate of drug-likeness (QED) is 0.847. The van der Waals surface area contributed by atoms with Crippen LogP contribution in [-0.2, 0) is 6.54 Å². The first-order valence-corrected chi connectivity index (χ1v) is 7.36. The summed E-state index contributed by atoms with van der Waals surface area (Å²) in [6, 6.07) is 7.09. The Labute approximate surface area is 117 Å². The minimum atomic E-state index is 0.215. The van der Waals surface area contributed by atoms with Crippen molar-refractivity contribution in [3.8, 4) is 0 Å². The number of nitrogens with zero attached hydrogens (tertiary/aromatic N) is 1. The van der Waals surface area contributed by atoms with Crippen LogP contribution in [0.4, 0.5) is 5.69 Å². The monoisotopic (exact) mass is 312 g/mol. The molecule has 3 nitrogen and oxygen atoms in total. The zero-order chi connectivity index (χ0) is 13.0. The molecule has 1 aliphatic rings. The number of hydrogen-bond acceptors (Lipinski definition) is 3. The first-order valence-electron chi connectivity index (χ1n) is 6.56. The van der Waals surface area contributed by atoms with Gasteiger partial charge in [-0.2, -0.15) is 0 Å². The third kappa shape index (κ3) is 3.05. The van der Waals surface area contributed by atoms with Crippen LogP contribution in [0.25, 0.3) is 0 Å². The molecule has 1 fully saturated rings. The van der Waals surface area contributed by atoms with Crippen molar-refractivity contribution in [1.82, 2.24) is 5.32 Å². The van der Waals surface area contributed by atoms with Crippen LogP contribution < -0.4 is 10.2 Å². The lowest BCUT2D eigenvalue weighted by atomic mass is 9.91. The average Bonchev–Trinajstić information content (AvgIpc) is 2.29. The van der Waals surface area contributed by atoms with E-state index in [0.29, 0.717) is 6.04 Å². The molecule has 0 radical (unpaired) electrons. The minimum Gasteiger partial charge on any atom is -0.395 e. The minimum absolute atomic E-state index is 0.215. The van der Waals surface area contributed by atoms with Gasteiger partial charge in [0.15, 0.2) is 0 Å². The highest BCUT2D eigenvalue weighted by atomic mass is 79.9. The molecule has 1 aliphatic carbocycles. The van der Waals surface area contributed by atoms with Crippen molar-refractivity contribution in [3.63, 3.8) is 0 Å². The standard InChI is InChI=1S/C14H21BrN2O/c1-16-10-11-5-6-13(9-14(11)15)17(7-8-18)12-3-2-4-12/h5-6,9,12,16,18H,2-4,7-8,10H2,1H3. The molecule has 0 saturated heterocycles. The Morgan fingerprint density at radius 1 is 1.44 bits per heavy atom. The summed E-state index contributed by atoms with van der Waals surface area (Å²) in [5.74, 6) is 0. The van der Waals surface area contributed by atoms with Crippen LogP contribution >= 0.6 is 15.9 Å². The molecule has 100 valence electrons. The first-order chi connectivity index (χ1) is 8.76. The molecule has 0 aromatic heterocycles. The highest BCUT2D eigenvalue weighted by Crippen LogP contribution is 2.31. The molecule has 0 aliphatic heterocycles. The van der Waals surface area contributed by atoms with Crippen LogP contribution in [0.2, 0.25) is 0 Å². The van der Waals surface area contributed by atoms with Crippen molar-refractivity contribution in [2.45, 2.75) is 31.8 Å². The molecule has 4 heteroatoms. The largest absolute Gasteiger partial charge is 0.395 e. The lowest BCUT2D eigenvalue weighted by Gasteiger charge is -2.39. The lowest BCUT2D eigenvalue weighted by molar-refractivity contribution is 0.283. The van der Waals surface area contributed by atoms with Crippen molar-refractivity contribution in [1.29, 1.82) is 0 Å². The molecule has 0 spiro atoms. The van der Waals surface area contributed by atoms with E-state index < -0.39 is 0 Å². The molecule has 1 aromatic carbocycles. The molecule has 18 heavy (non-hydrogen) atoms. The molecular formula is C14H21BrN2O. The maximum Gasteiger partial charge on any atom is 0.0606 e. The van der Waals surface area contributed by atoms with Crippen LogP contribution in [0.3, 0.4) is 0 Å². The summed E-state index contributed by atoms with van der Waals surface area (Å²) in [6.45, 7) is 1.80. The van der Waals surface area contributed by atoms with E-state index in [-0.39, 0.29) is 6.61 Å². The fourth-order valence-corrected chi connectivity index (χ4v) is 2.88. The Kier molecular flexibility index (Phi) is 5.03. The van der Waals surface area contributed by atoms with Crippen molar-refractivity contribution in [2.75, 3.05) is 25.1 Å². The van der Waals surface area contributed by atoms with Gasteiger partial charge in [0.2, 0.25) is 0 Å². The average molecular weight is 313 g/mol. The van der Waals surface area contributed by atoms with E-state index in [0.717, 1.165) is 17.6 Å². The number of rotatable bonds is 6. The number of nitrogens with one attached hydrogen (secondary N) is 1. The van der Waals surface area contributed by atoms with Gasteiger partial charge in [0.25, 0.3) is 0 Å². The van der Waals surface area contributed by atoms with Crippen molar-refractivity contribution in [2.24, 2.45) is 0 Å². The first kappa shape index (κ1) is 13.8. The number of halogens is 1. The van der Waals surface area contributed by atoms with E-state index in [1.54, 1.807) is 0 Å². The fraction of sp³-hybridized carbons (Fsp3) is 0.571. The van der Waals surface area contributed by atoms with Gasteiger partial charge in [-0.15, -0.1) is 0 Å². The van der Waals surface area contributed by atoms with Crippen molar-refractivity contribution in [3.05, 3.63) is 28.2 Å². The number of anilines is 1. The maximum atomic E-state index is 9.21. The third-order valence-corrected chi connectivity index (χ3v) is 4.33. The molecule has 0 amide bonds. The van der Waals surface area contributed by atoms with Gasteiger partial charge in [-0.05, 0) is 44.0 Å². The van der Waals surface area contributed by atoms with Crippen molar-refractivity contribution >= 4 is 21.6 Å². The van der Waals surface area contributed by atoms with E-state index in [1.807, 2.05) is 7.05 Å². The number of aliphatic hydroxyl groups is 1. The number of aliphatic hydroxyl groups excluding tert-OH is 1. The lowest BCUT2D eigenvalue weighted by Crippen LogP contribution is -2.42. The van der Waals surface area contributed by atoms with Gasteiger partial charge in [-0.3, -0.25) is 0 Å². The molecule has 0 atom stereocenters. The SMILES string of the molecule is CNCc1ccc(N(CCO)C2CCC2)cc1Br. The number of hydrogen-bond donors (Lipinski definition) is 2. The highest BCUT2D eigenvalue weighted by Gasteiger charge is 2.25. The molecular weight excluding hydrogens is 292 g/mol. The molecule has 2 N–H and O–H groups in total. The molecule has 0 bridgehead atoms. The topological polar surface area (TPSA) is 35.5 Å². The van der Waals surface area contributed by atoms with Gasteiger partial charge in [0, 0.05) is 29.3 Å². The van der Waals surface area contributed by atoms with E-state index in [4.69, 9.17) is 0 Å². The zero-order valence-electron chi connectivity index (χ0n) is 10.8. The molecule has 0 unspecified atom stereocenters. The van der Waals surface area contributed by atoms with Gasteiger partial charge >= 0.3 is 0 Å². The van der Waals surface area contributed by atoms with E-state index >= 15 is 0 Å². The summed E-state index contributed by atoms with van der Waals surface area (Å²) in [6.07, 6.45) is 3.80. The van der Waals surface area contributed by atoms with Crippen LogP contribution in [0.15, 0.2) is 22.7 Å². The van der Waals surface area contributed by atoms with Gasteiger partial charge in [-0.25, -0.2) is 0 Å².